The van der Waals surface area contributed by atoms with Gasteiger partial charge in [-0.25, -0.2) is 18.1 Å². The average Bonchev–Trinajstić information content (AvgIpc) is 2.85. The van der Waals surface area contributed by atoms with Crippen molar-refractivity contribution >= 4 is 27.7 Å². The molecule has 9 heteroatoms. The predicted molar refractivity (Wildman–Crippen MR) is 140 cm³/mol. The quantitative estimate of drug-likeness (QED) is 0.666. The van der Waals surface area contributed by atoms with Gasteiger partial charge in [0.25, 0.3) is 11.8 Å². The Bertz CT molecular complexity index is 1050. The molecule has 190 valence electrons. The van der Waals surface area contributed by atoms with Crippen molar-refractivity contribution in [3.8, 4) is 0 Å². The lowest BCUT2D eigenvalue weighted by atomic mass is 9.94. The fourth-order valence-electron chi connectivity index (χ4n) is 3.27. The first-order valence-electron chi connectivity index (χ1n) is 11.8. The third-order valence-electron chi connectivity index (χ3n) is 4.64. The molecular weight excluding hydrogens is 452 g/mol. The number of nitrogens with one attached hydrogen (secondary N) is 2. The van der Waals surface area contributed by atoms with Crippen molar-refractivity contribution in [2.24, 2.45) is 0 Å². The van der Waals surface area contributed by atoms with Gasteiger partial charge in [-0.1, -0.05) is 59.7 Å². The highest BCUT2D eigenvalue weighted by molar-refractivity contribution is 7.89. The number of aromatic nitrogens is 1. The van der Waals surface area contributed by atoms with E-state index in [1.807, 2.05) is 63.3 Å². The number of aryl methyl sites for hydroxylation is 1. The maximum Gasteiger partial charge on any atom is 0.283 e. The molecule has 0 unspecified atom stereocenters. The van der Waals surface area contributed by atoms with Crippen LogP contribution < -0.4 is 14.9 Å². The molecule has 0 fully saturated rings. The summed E-state index contributed by atoms with van der Waals surface area (Å²) in [6.45, 7) is 14.8. The Hall–Kier alpha value is -2.94. The van der Waals surface area contributed by atoms with Gasteiger partial charge in [-0.05, 0) is 42.2 Å². The normalized spacial score (nSPS) is 11.7. The standard InChI is InChI=1S/C19H22N4O4S.3C2H6/c1-12-7-8-16(21-17(12)19(25)22-28(3,26)27)23-10-9-13-5-4-6-14(15(13)11-23)18(24)20-2;3*1-2/h4-8H,9-11H2,1-3H3,(H,20,24)(H,22,25);3*1-2H3. The largest absolute Gasteiger partial charge is 0.355 e. The van der Waals surface area contributed by atoms with E-state index in [-0.39, 0.29) is 11.6 Å². The Morgan fingerprint density at radius 1 is 0.971 bits per heavy atom. The Morgan fingerprint density at radius 3 is 2.15 bits per heavy atom. The molecule has 2 amide bonds. The van der Waals surface area contributed by atoms with Crippen LogP contribution in [0, 0.1) is 6.92 Å². The second kappa shape index (κ2) is 15.1. The van der Waals surface area contributed by atoms with E-state index in [4.69, 9.17) is 0 Å². The van der Waals surface area contributed by atoms with E-state index in [1.165, 1.54) is 0 Å². The zero-order valence-electron chi connectivity index (χ0n) is 21.9. The Kier molecular flexibility index (Phi) is 13.8. The van der Waals surface area contributed by atoms with Gasteiger partial charge < -0.3 is 10.2 Å². The molecule has 34 heavy (non-hydrogen) atoms. The van der Waals surface area contributed by atoms with E-state index < -0.39 is 15.9 Å². The van der Waals surface area contributed by atoms with E-state index in [1.54, 1.807) is 32.2 Å². The summed E-state index contributed by atoms with van der Waals surface area (Å²) in [7, 11) is -2.09. The van der Waals surface area contributed by atoms with Crippen molar-refractivity contribution in [1.82, 2.24) is 15.0 Å². The van der Waals surface area contributed by atoms with Crippen LogP contribution in [0.5, 0.6) is 0 Å². The third-order valence-corrected chi connectivity index (χ3v) is 5.20. The predicted octanol–water partition coefficient (Wildman–Crippen LogP) is 4.08. The highest BCUT2D eigenvalue weighted by atomic mass is 32.2. The first-order valence-corrected chi connectivity index (χ1v) is 13.7. The van der Waals surface area contributed by atoms with Gasteiger partial charge in [0.1, 0.15) is 11.5 Å². The van der Waals surface area contributed by atoms with Gasteiger partial charge >= 0.3 is 0 Å². The van der Waals surface area contributed by atoms with E-state index in [0.29, 0.717) is 30.0 Å². The Balaban J connectivity index is 0.00000168. The summed E-state index contributed by atoms with van der Waals surface area (Å²) < 4.78 is 24.7. The van der Waals surface area contributed by atoms with Crippen LogP contribution in [0.25, 0.3) is 0 Å². The van der Waals surface area contributed by atoms with Gasteiger partial charge in [0, 0.05) is 25.7 Å². The van der Waals surface area contributed by atoms with Crippen LogP contribution in [0.3, 0.4) is 0 Å². The molecule has 3 rings (SSSR count). The molecular formula is C25H40N4O4S. The second-order valence-electron chi connectivity index (χ2n) is 6.73. The van der Waals surface area contributed by atoms with E-state index in [2.05, 4.69) is 10.3 Å². The van der Waals surface area contributed by atoms with Gasteiger partial charge in [-0.3, -0.25) is 9.59 Å². The van der Waals surface area contributed by atoms with Gasteiger partial charge in [-0.15, -0.1) is 0 Å². The smallest absolute Gasteiger partial charge is 0.283 e. The van der Waals surface area contributed by atoms with Gasteiger partial charge in [0.15, 0.2) is 0 Å². The Labute approximate surface area is 205 Å². The second-order valence-corrected chi connectivity index (χ2v) is 8.48. The first kappa shape index (κ1) is 31.1. The summed E-state index contributed by atoms with van der Waals surface area (Å²) in [6.07, 6.45) is 1.66. The zero-order chi connectivity index (χ0) is 26.5. The van der Waals surface area contributed by atoms with Crippen molar-refractivity contribution < 1.29 is 18.0 Å². The van der Waals surface area contributed by atoms with Crippen molar-refractivity contribution in [3.05, 3.63) is 58.3 Å². The molecule has 0 radical (unpaired) electrons. The van der Waals surface area contributed by atoms with Crippen LogP contribution in [0.2, 0.25) is 0 Å². The molecule has 2 aromatic rings. The number of amides is 2. The number of carbonyl (C=O) groups excluding carboxylic acids is 2. The minimum atomic E-state index is -3.68. The molecule has 1 aromatic heterocycles. The van der Waals surface area contributed by atoms with Crippen LogP contribution in [0.4, 0.5) is 5.82 Å². The third kappa shape index (κ3) is 8.44. The van der Waals surface area contributed by atoms with Crippen LogP contribution in [-0.2, 0) is 23.0 Å². The number of nitrogens with zero attached hydrogens (tertiary/aromatic N) is 2. The molecule has 2 heterocycles. The first-order chi connectivity index (χ1) is 16.2. The number of anilines is 1. The van der Waals surface area contributed by atoms with Crippen molar-refractivity contribution in [1.29, 1.82) is 0 Å². The highest BCUT2D eigenvalue weighted by Crippen LogP contribution is 2.26. The number of hydrogen-bond acceptors (Lipinski definition) is 6. The lowest BCUT2D eigenvalue weighted by Gasteiger charge is -2.31. The molecule has 0 saturated carbocycles. The van der Waals surface area contributed by atoms with Gasteiger partial charge in [0.2, 0.25) is 10.0 Å². The van der Waals surface area contributed by atoms with Crippen LogP contribution in [0.1, 0.15) is 79.1 Å². The molecule has 0 spiro atoms. The molecule has 8 nitrogen and oxygen atoms in total. The number of hydrogen-bond donors (Lipinski definition) is 2. The molecule has 0 aliphatic carbocycles. The number of fused-ring (bicyclic) bond motifs is 1. The number of carbonyl (C=O) groups is 2. The van der Waals surface area contributed by atoms with Crippen LogP contribution in [0.15, 0.2) is 30.3 Å². The van der Waals surface area contributed by atoms with E-state index in [0.717, 1.165) is 23.8 Å². The summed E-state index contributed by atoms with van der Waals surface area (Å²) in [4.78, 5) is 30.8. The molecule has 0 bridgehead atoms. The number of pyridine rings is 1. The molecule has 1 aromatic carbocycles. The average molecular weight is 493 g/mol. The highest BCUT2D eigenvalue weighted by Gasteiger charge is 2.24. The maximum absolute atomic E-state index is 12.3. The summed E-state index contributed by atoms with van der Waals surface area (Å²) in [5.74, 6) is -0.351. The fourth-order valence-corrected chi connectivity index (χ4v) is 3.70. The Morgan fingerprint density at radius 2 is 1.59 bits per heavy atom. The molecule has 0 saturated heterocycles. The summed E-state index contributed by atoms with van der Waals surface area (Å²) in [5, 5.41) is 2.66. The zero-order valence-corrected chi connectivity index (χ0v) is 22.8. The van der Waals surface area contributed by atoms with Crippen molar-refractivity contribution in [2.45, 2.75) is 61.4 Å². The van der Waals surface area contributed by atoms with E-state index >= 15 is 0 Å². The number of benzene rings is 1. The number of rotatable bonds is 4. The van der Waals surface area contributed by atoms with Gasteiger partial charge in [-0.2, -0.15) is 0 Å². The van der Waals surface area contributed by atoms with Crippen LogP contribution in [-0.4, -0.2) is 45.1 Å². The van der Waals surface area contributed by atoms with Crippen LogP contribution >= 0.6 is 0 Å². The number of sulfonamides is 1. The summed E-state index contributed by atoms with van der Waals surface area (Å²) >= 11 is 0. The molecule has 1 aliphatic heterocycles. The molecule has 2 N–H and O–H groups in total. The molecule has 1 aliphatic rings. The maximum atomic E-state index is 12.3. The monoisotopic (exact) mass is 492 g/mol. The minimum Gasteiger partial charge on any atom is -0.355 e. The lowest BCUT2D eigenvalue weighted by Crippen LogP contribution is -2.34. The SMILES string of the molecule is CC.CC.CC.CNC(=O)c1cccc2c1CN(c1ccc(C)c(C(=O)NS(C)(=O)=O)n1)CC2. The summed E-state index contributed by atoms with van der Waals surface area (Å²) in [5.41, 5.74) is 3.30. The topological polar surface area (TPSA) is 108 Å². The fraction of sp³-hybridized carbons (Fsp3) is 0.480. The molecule has 0 atom stereocenters. The van der Waals surface area contributed by atoms with E-state index in [9.17, 15) is 18.0 Å². The minimum absolute atomic E-state index is 0.0632. The van der Waals surface area contributed by atoms with Gasteiger partial charge in [0.05, 0.1) is 6.26 Å². The summed E-state index contributed by atoms with van der Waals surface area (Å²) in [6, 6.07) is 9.19. The van der Waals surface area contributed by atoms with Crippen molar-refractivity contribution in [2.75, 3.05) is 24.7 Å². The lowest BCUT2D eigenvalue weighted by molar-refractivity contribution is 0.0958. The van der Waals surface area contributed by atoms with Crippen molar-refractivity contribution in [3.63, 3.8) is 0 Å².